The van der Waals surface area contributed by atoms with Gasteiger partial charge in [0.15, 0.2) is 0 Å². The minimum atomic E-state index is -0.0583. The van der Waals surface area contributed by atoms with Crippen LogP contribution in [0.3, 0.4) is 0 Å². The number of rotatable bonds is 4. The number of hydrogen-bond acceptors (Lipinski definition) is 4. The normalized spacial score (nSPS) is 14.4. The number of piperidine rings is 1. The maximum atomic E-state index is 12.5. The third-order valence-electron chi connectivity index (χ3n) is 4.60. The first-order valence-corrected chi connectivity index (χ1v) is 8.98. The maximum absolute atomic E-state index is 12.5. The number of nitrogens with zero attached hydrogens (tertiary/aromatic N) is 3. The summed E-state index contributed by atoms with van der Waals surface area (Å²) in [4.78, 5) is 24.0. The molecule has 3 rings (SSSR count). The number of nitrogens with one attached hydrogen (secondary N) is 1. The Hall–Kier alpha value is -2.43. The van der Waals surface area contributed by atoms with Crippen molar-refractivity contribution >= 4 is 11.9 Å². The van der Waals surface area contributed by atoms with Crippen LogP contribution in [0.25, 0.3) is 0 Å². The quantitative estimate of drug-likeness (QED) is 0.929. The average molecular weight is 338 g/mol. The highest BCUT2D eigenvalue weighted by atomic mass is 16.1. The molecule has 5 nitrogen and oxygen atoms in total. The van der Waals surface area contributed by atoms with E-state index < -0.39 is 0 Å². The summed E-state index contributed by atoms with van der Waals surface area (Å²) >= 11 is 0. The Balaban J connectivity index is 1.71. The van der Waals surface area contributed by atoms with Crippen molar-refractivity contribution in [2.24, 2.45) is 0 Å². The van der Waals surface area contributed by atoms with Crippen LogP contribution in [-0.4, -0.2) is 29.0 Å². The highest BCUT2D eigenvalue weighted by Gasteiger charge is 2.15. The van der Waals surface area contributed by atoms with Gasteiger partial charge in [-0.15, -0.1) is 0 Å². The minimum absolute atomic E-state index is 0.0583. The molecule has 0 bridgehead atoms. The standard InChI is InChI=1S/C20H26N4O/c1-14-7-8-15(2)18(11-14)19(25)21-13-17-12-16(3)22-20(23-17)24-9-5-4-6-10-24/h7-8,11-12H,4-6,9-10,13H2,1-3H3,(H,21,25). The predicted molar refractivity (Wildman–Crippen MR) is 99.9 cm³/mol. The number of hydrogen-bond donors (Lipinski definition) is 1. The van der Waals surface area contributed by atoms with Crippen LogP contribution in [0.1, 0.15) is 52.1 Å². The number of anilines is 1. The van der Waals surface area contributed by atoms with Crippen LogP contribution in [0.5, 0.6) is 0 Å². The summed E-state index contributed by atoms with van der Waals surface area (Å²) in [6, 6.07) is 7.87. The van der Waals surface area contributed by atoms with Crippen LogP contribution in [-0.2, 0) is 6.54 Å². The van der Waals surface area contributed by atoms with Crippen molar-refractivity contribution in [3.63, 3.8) is 0 Å². The average Bonchev–Trinajstić information content (AvgIpc) is 2.62. The summed E-state index contributed by atoms with van der Waals surface area (Å²) in [5.41, 5.74) is 4.58. The third-order valence-corrected chi connectivity index (χ3v) is 4.60. The van der Waals surface area contributed by atoms with Crippen molar-refractivity contribution in [3.05, 3.63) is 52.3 Å². The van der Waals surface area contributed by atoms with Crippen LogP contribution in [0.4, 0.5) is 5.95 Å². The molecule has 0 radical (unpaired) electrons. The van der Waals surface area contributed by atoms with Crippen molar-refractivity contribution in [1.29, 1.82) is 0 Å². The van der Waals surface area contributed by atoms with Gasteiger partial charge in [0.2, 0.25) is 5.95 Å². The van der Waals surface area contributed by atoms with Crippen molar-refractivity contribution in [2.75, 3.05) is 18.0 Å². The van der Waals surface area contributed by atoms with Crippen LogP contribution in [0.15, 0.2) is 24.3 Å². The van der Waals surface area contributed by atoms with E-state index in [0.29, 0.717) is 6.54 Å². The van der Waals surface area contributed by atoms with Gasteiger partial charge >= 0.3 is 0 Å². The van der Waals surface area contributed by atoms with Gasteiger partial charge < -0.3 is 10.2 Å². The number of benzene rings is 1. The second-order valence-electron chi connectivity index (χ2n) is 6.85. The molecule has 2 aromatic rings. The minimum Gasteiger partial charge on any atom is -0.346 e. The Morgan fingerprint density at radius 2 is 1.84 bits per heavy atom. The predicted octanol–water partition coefficient (Wildman–Crippen LogP) is 3.32. The van der Waals surface area contributed by atoms with Crippen molar-refractivity contribution in [1.82, 2.24) is 15.3 Å². The zero-order valence-corrected chi connectivity index (χ0v) is 15.3. The molecular formula is C20H26N4O. The smallest absolute Gasteiger partial charge is 0.251 e. The first-order chi connectivity index (χ1) is 12.0. The molecular weight excluding hydrogens is 312 g/mol. The summed E-state index contributed by atoms with van der Waals surface area (Å²) in [5.74, 6) is 0.729. The Labute approximate surface area is 149 Å². The molecule has 1 aliphatic heterocycles. The number of aryl methyl sites for hydroxylation is 3. The summed E-state index contributed by atoms with van der Waals surface area (Å²) in [6.07, 6.45) is 3.66. The lowest BCUT2D eigenvalue weighted by atomic mass is 10.1. The highest BCUT2D eigenvalue weighted by molar-refractivity contribution is 5.95. The highest BCUT2D eigenvalue weighted by Crippen LogP contribution is 2.17. The Bertz CT molecular complexity index is 766. The van der Waals surface area contributed by atoms with E-state index in [9.17, 15) is 4.79 Å². The molecule has 0 atom stereocenters. The van der Waals surface area contributed by atoms with Crippen LogP contribution < -0.4 is 10.2 Å². The summed E-state index contributed by atoms with van der Waals surface area (Å²) < 4.78 is 0. The number of carbonyl (C=O) groups is 1. The van der Waals surface area contributed by atoms with Crippen LogP contribution in [0, 0.1) is 20.8 Å². The van der Waals surface area contributed by atoms with Crippen molar-refractivity contribution in [3.8, 4) is 0 Å². The Kier molecular flexibility index (Phi) is 5.31. The summed E-state index contributed by atoms with van der Waals surface area (Å²) in [7, 11) is 0. The largest absolute Gasteiger partial charge is 0.346 e. The van der Waals surface area contributed by atoms with Crippen molar-refractivity contribution in [2.45, 2.75) is 46.6 Å². The van der Waals surface area contributed by atoms with E-state index in [0.717, 1.165) is 47.1 Å². The van der Waals surface area contributed by atoms with Gasteiger partial charge in [0.25, 0.3) is 5.91 Å². The van der Waals surface area contributed by atoms with Gasteiger partial charge in [-0.3, -0.25) is 4.79 Å². The van der Waals surface area contributed by atoms with Crippen molar-refractivity contribution < 1.29 is 4.79 Å². The number of carbonyl (C=O) groups excluding carboxylic acids is 1. The SMILES string of the molecule is Cc1ccc(C)c(C(=O)NCc2cc(C)nc(N3CCCCC3)n2)c1. The molecule has 1 amide bonds. The van der Waals surface area contributed by atoms with Crippen LogP contribution >= 0.6 is 0 Å². The van der Waals surface area contributed by atoms with E-state index in [4.69, 9.17) is 0 Å². The number of amides is 1. The van der Waals surface area contributed by atoms with Gasteiger partial charge in [-0.1, -0.05) is 17.7 Å². The first-order valence-electron chi connectivity index (χ1n) is 8.98. The monoisotopic (exact) mass is 338 g/mol. The lowest BCUT2D eigenvalue weighted by molar-refractivity contribution is 0.0949. The van der Waals surface area contributed by atoms with E-state index in [-0.39, 0.29) is 5.91 Å². The zero-order chi connectivity index (χ0) is 17.8. The molecule has 1 saturated heterocycles. The van der Waals surface area contributed by atoms with Gasteiger partial charge in [0.1, 0.15) is 0 Å². The molecule has 0 aliphatic carbocycles. The Morgan fingerprint density at radius 3 is 2.60 bits per heavy atom. The fourth-order valence-corrected chi connectivity index (χ4v) is 3.19. The lowest BCUT2D eigenvalue weighted by Crippen LogP contribution is -2.32. The molecule has 1 aliphatic rings. The topological polar surface area (TPSA) is 58.1 Å². The Morgan fingerprint density at radius 1 is 1.08 bits per heavy atom. The third kappa shape index (κ3) is 4.35. The van der Waals surface area contributed by atoms with E-state index in [1.54, 1.807) is 0 Å². The van der Waals surface area contributed by atoms with Gasteiger partial charge in [-0.05, 0) is 57.7 Å². The molecule has 2 heterocycles. The molecule has 1 N–H and O–H groups in total. The maximum Gasteiger partial charge on any atom is 0.251 e. The second-order valence-corrected chi connectivity index (χ2v) is 6.85. The second kappa shape index (κ2) is 7.64. The number of aromatic nitrogens is 2. The van der Waals surface area contributed by atoms with E-state index in [1.165, 1.54) is 19.3 Å². The fourth-order valence-electron chi connectivity index (χ4n) is 3.19. The lowest BCUT2D eigenvalue weighted by Gasteiger charge is -2.27. The molecule has 1 aromatic carbocycles. The molecule has 1 fully saturated rings. The molecule has 1 aromatic heterocycles. The van der Waals surface area contributed by atoms with Gasteiger partial charge in [-0.2, -0.15) is 0 Å². The van der Waals surface area contributed by atoms with E-state index in [2.05, 4.69) is 20.2 Å². The van der Waals surface area contributed by atoms with Gasteiger partial charge in [-0.25, -0.2) is 9.97 Å². The molecule has 5 heteroatoms. The molecule has 132 valence electrons. The summed E-state index contributed by atoms with van der Waals surface area (Å²) in [5, 5.41) is 2.99. The molecule has 0 spiro atoms. The van der Waals surface area contributed by atoms with E-state index in [1.807, 2.05) is 45.0 Å². The summed E-state index contributed by atoms with van der Waals surface area (Å²) in [6.45, 7) is 8.36. The zero-order valence-electron chi connectivity index (χ0n) is 15.3. The van der Waals surface area contributed by atoms with Gasteiger partial charge in [0.05, 0.1) is 12.2 Å². The van der Waals surface area contributed by atoms with Gasteiger partial charge in [0, 0.05) is 24.3 Å². The fraction of sp³-hybridized carbons (Fsp3) is 0.450. The molecule has 0 saturated carbocycles. The molecule has 25 heavy (non-hydrogen) atoms. The molecule has 0 unspecified atom stereocenters. The van der Waals surface area contributed by atoms with Crippen LogP contribution in [0.2, 0.25) is 0 Å². The first kappa shape index (κ1) is 17.4. The van der Waals surface area contributed by atoms with E-state index >= 15 is 0 Å².